The van der Waals surface area contributed by atoms with Gasteiger partial charge in [0.1, 0.15) is 0 Å². The van der Waals surface area contributed by atoms with Crippen LogP contribution in [0.2, 0.25) is 0 Å². The first kappa shape index (κ1) is 16.1. The van der Waals surface area contributed by atoms with Crippen molar-refractivity contribution in [1.29, 1.82) is 0 Å². The first-order chi connectivity index (χ1) is 12.0. The Morgan fingerprint density at radius 3 is 2.60 bits per heavy atom. The van der Waals surface area contributed by atoms with Gasteiger partial charge in [0.2, 0.25) is 0 Å². The van der Waals surface area contributed by atoms with Gasteiger partial charge in [0.05, 0.1) is 21.6 Å². The Morgan fingerprint density at radius 2 is 1.84 bits per heavy atom. The van der Waals surface area contributed by atoms with Crippen molar-refractivity contribution in [3.05, 3.63) is 68.5 Å². The van der Waals surface area contributed by atoms with Gasteiger partial charge in [0.15, 0.2) is 10.6 Å². The van der Waals surface area contributed by atoms with Crippen LogP contribution in [0.1, 0.15) is 11.3 Å². The van der Waals surface area contributed by atoms with Gasteiger partial charge in [-0.25, -0.2) is 9.38 Å². The third-order valence-electron chi connectivity index (χ3n) is 3.92. The maximum atomic E-state index is 13.0. The molecule has 0 saturated carbocycles. The van der Waals surface area contributed by atoms with Gasteiger partial charge in [-0.05, 0) is 49.7 Å². The average Bonchev–Trinajstić information content (AvgIpc) is 2.96. The van der Waals surface area contributed by atoms with E-state index in [2.05, 4.69) is 31.1 Å². The van der Waals surface area contributed by atoms with Crippen LogP contribution in [0, 0.1) is 13.8 Å². The van der Waals surface area contributed by atoms with E-state index in [9.17, 15) is 4.79 Å². The summed E-state index contributed by atoms with van der Waals surface area (Å²) >= 11 is 4.89. The zero-order chi connectivity index (χ0) is 17.6. The molecule has 0 amide bonds. The second-order valence-electron chi connectivity index (χ2n) is 5.67. The van der Waals surface area contributed by atoms with Crippen molar-refractivity contribution in [3.63, 3.8) is 0 Å². The van der Waals surface area contributed by atoms with Crippen molar-refractivity contribution in [1.82, 2.24) is 9.38 Å². The molecular formula is C18H13BrN4OS. The maximum absolute atomic E-state index is 13.0. The van der Waals surface area contributed by atoms with Crippen LogP contribution in [-0.2, 0) is 0 Å². The van der Waals surface area contributed by atoms with Gasteiger partial charge in [-0.2, -0.15) is 5.11 Å². The van der Waals surface area contributed by atoms with E-state index in [4.69, 9.17) is 0 Å². The molecule has 2 aromatic carbocycles. The van der Waals surface area contributed by atoms with Gasteiger partial charge >= 0.3 is 0 Å². The SMILES string of the molecule is Cc1nc2sc3cccc(C)c3n2c(=O)c1N=Nc1ccc(Br)cc1. The average molecular weight is 413 g/mol. The lowest BCUT2D eigenvalue weighted by Crippen LogP contribution is -2.14. The van der Waals surface area contributed by atoms with E-state index in [0.29, 0.717) is 16.3 Å². The van der Waals surface area contributed by atoms with E-state index < -0.39 is 0 Å². The lowest BCUT2D eigenvalue weighted by molar-refractivity contribution is 1.04. The maximum Gasteiger partial charge on any atom is 0.287 e. The number of hydrogen-bond donors (Lipinski definition) is 0. The van der Waals surface area contributed by atoms with Crippen LogP contribution in [0.4, 0.5) is 11.4 Å². The molecular weight excluding hydrogens is 400 g/mol. The highest BCUT2D eigenvalue weighted by Gasteiger charge is 2.15. The van der Waals surface area contributed by atoms with Crippen molar-refractivity contribution >= 4 is 53.8 Å². The number of para-hydroxylation sites is 1. The largest absolute Gasteiger partial charge is 0.287 e. The summed E-state index contributed by atoms with van der Waals surface area (Å²) in [6.45, 7) is 3.78. The minimum Gasteiger partial charge on any atom is -0.266 e. The van der Waals surface area contributed by atoms with Crippen LogP contribution in [0.15, 0.2) is 62.0 Å². The topological polar surface area (TPSA) is 59.1 Å². The molecule has 4 aromatic rings. The number of thiazole rings is 1. The van der Waals surface area contributed by atoms with Crippen molar-refractivity contribution in [2.75, 3.05) is 0 Å². The summed E-state index contributed by atoms with van der Waals surface area (Å²) < 4.78 is 3.63. The number of benzene rings is 2. The molecule has 25 heavy (non-hydrogen) atoms. The van der Waals surface area contributed by atoms with Crippen LogP contribution in [-0.4, -0.2) is 9.38 Å². The summed E-state index contributed by atoms with van der Waals surface area (Å²) in [4.78, 5) is 18.3. The summed E-state index contributed by atoms with van der Waals surface area (Å²) in [6, 6.07) is 13.4. The third-order valence-corrected chi connectivity index (χ3v) is 5.46. The van der Waals surface area contributed by atoms with Gasteiger partial charge in [-0.3, -0.25) is 4.79 Å². The fraction of sp³-hybridized carbons (Fsp3) is 0.111. The molecule has 0 aliphatic heterocycles. The van der Waals surface area contributed by atoms with E-state index >= 15 is 0 Å². The molecule has 2 heterocycles. The Morgan fingerprint density at radius 1 is 1.08 bits per heavy atom. The van der Waals surface area contributed by atoms with Crippen molar-refractivity contribution in [2.45, 2.75) is 13.8 Å². The van der Waals surface area contributed by atoms with E-state index in [1.54, 1.807) is 11.3 Å². The number of rotatable bonds is 2. The van der Waals surface area contributed by atoms with Crippen molar-refractivity contribution in [2.24, 2.45) is 10.2 Å². The molecule has 0 spiro atoms. The summed E-state index contributed by atoms with van der Waals surface area (Å²) in [5.74, 6) is 0. The Bertz CT molecular complexity index is 1190. The van der Waals surface area contributed by atoms with Crippen molar-refractivity contribution in [3.8, 4) is 0 Å². The van der Waals surface area contributed by atoms with Crippen LogP contribution in [0.25, 0.3) is 15.2 Å². The first-order valence-electron chi connectivity index (χ1n) is 7.63. The lowest BCUT2D eigenvalue weighted by Gasteiger charge is -2.02. The predicted octanol–water partition coefficient (Wildman–Crippen LogP) is 5.70. The van der Waals surface area contributed by atoms with Crippen molar-refractivity contribution < 1.29 is 0 Å². The van der Waals surface area contributed by atoms with Gasteiger partial charge in [0.25, 0.3) is 5.56 Å². The van der Waals surface area contributed by atoms with Crippen LogP contribution in [0.5, 0.6) is 0 Å². The number of nitrogens with zero attached hydrogens (tertiary/aromatic N) is 4. The highest BCUT2D eigenvalue weighted by Crippen LogP contribution is 2.28. The molecule has 5 nitrogen and oxygen atoms in total. The summed E-state index contributed by atoms with van der Waals surface area (Å²) in [6.07, 6.45) is 0. The normalized spacial score (nSPS) is 11.8. The van der Waals surface area contributed by atoms with E-state index in [-0.39, 0.29) is 11.2 Å². The molecule has 0 unspecified atom stereocenters. The van der Waals surface area contributed by atoms with Gasteiger partial charge < -0.3 is 0 Å². The minimum absolute atomic E-state index is 0.191. The lowest BCUT2D eigenvalue weighted by atomic mass is 10.2. The van der Waals surface area contributed by atoms with Gasteiger partial charge in [-0.1, -0.05) is 39.4 Å². The molecule has 7 heteroatoms. The number of aryl methyl sites for hydroxylation is 2. The molecule has 0 radical (unpaired) electrons. The summed E-state index contributed by atoms with van der Waals surface area (Å²) in [5.41, 5.74) is 3.26. The Kier molecular flexibility index (Phi) is 3.97. The monoisotopic (exact) mass is 412 g/mol. The van der Waals surface area contributed by atoms with E-state index in [0.717, 1.165) is 20.3 Å². The number of halogens is 1. The minimum atomic E-state index is -0.191. The fourth-order valence-corrected chi connectivity index (χ4v) is 4.09. The standard InChI is InChI=1S/C18H13BrN4OS/c1-10-4-3-5-14-16(10)23-17(24)15(11(2)20-18(23)25-14)22-21-13-8-6-12(19)7-9-13/h3-9H,1-2H3. The molecule has 4 rings (SSSR count). The molecule has 0 aliphatic rings. The molecule has 0 N–H and O–H groups in total. The highest BCUT2D eigenvalue weighted by molar-refractivity contribution is 9.10. The number of azo groups is 1. The first-order valence-corrected chi connectivity index (χ1v) is 9.24. The smallest absolute Gasteiger partial charge is 0.266 e. The quantitative estimate of drug-likeness (QED) is 0.396. The van der Waals surface area contributed by atoms with E-state index in [1.165, 1.54) is 11.3 Å². The number of fused-ring (bicyclic) bond motifs is 3. The van der Waals surface area contributed by atoms with Gasteiger partial charge in [0, 0.05) is 4.47 Å². The number of hydrogen-bond acceptors (Lipinski definition) is 5. The van der Waals surface area contributed by atoms with Crippen LogP contribution >= 0.6 is 27.3 Å². The van der Waals surface area contributed by atoms with Gasteiger partial charge in [-0.15, -0.1) is 5.11 Å². The second-order valence-corrected chi connectivity index (χ2v) is 7.59. The molecule has 2 aromatic heterocycles. The molecule has 0 atom stereocenters. The molecule has 0 bridgehead atoms. The van der Waals surface area contributed by atoms with E-state index in [1.807, 2.05) is 49.4 Å². The Labute approximate surface area is 155 Å². The fourth-order valence-electron chi connectivity index (χ4n) is 2.69. The second kappa shape index (κ2) is 6.16. The number of aromatic nitrogens is 2. The highest BCUT2D eigenvalue weighted by atomic mass is 79.9. The zero-order valence-corrected chi connectivity index (χ0v) is 15.9. The molecule has 0 fully saturated rings. The molecule has 0 aliphatic carbocycles. The molecule has 124 valence electrons. The van der Waals surface area contributed by atoms with Crippen LogP contribution in [0.3, 0.4) is 0 Å². The predicted molar refractivity (Wildman–Crippen MR) is 105 cm³/mol. The molecule has 0 saturated heterocycles. The Hall–Kier alpha value is -2.38. The third kappa shape index (κ3) is 2.79. The Balaban J connectivity index is 1.93. The zero-order valence-electron chi connectivity index (χ0n) is 13.5. The summed E-state index contributed by atoms with van der Waals surface area (Å²) in [7, 11) is 0. The summed E-state index contributed by atoms with van der Waals surface area (Å²) in [5, 5.41) is 8.38. The van der Waals surface area contributed by atoms with Crippen LogP contribution < -0.4 is 5.56 Å².